The van der Waals surface area contributed by atoms with E-state index in [1.807, 2.05) is 6.92 Å². The first-order chi connectivity index (χ1) is 12.7. The maximum absolute atomic E-state index is 12.3. The lowest BCUT2D eigenvalue weighted by Crippen LogP contribution is -2.30. The first-order valence-electron chi connectivity index (χ1n) is 8.18. The Kier molecular flexibility index (Phi) is 5.43. The van der Waals surface area contributed by atoms with Gasteiger partial charge in [0.15, 0.2) is 11.9 Å². The van der Waals surface area contributed by atoms with Crippen molar-refractivity contribution in [3.63, 3.8) is 0 Å². The van der Waals surface area contributed by atoms with E-state index >= 15 is 0 Å². The quantitative estimate of drug-likeness (QED) is 0.702. The minimum absolute atomic E-state index is 0.316. The van der Waals surface area contributed by atoms with Gasteiger partial charge in [0.2, 0.25) is 0 Å². The standard InChI is InChI=1S/C18H19N5O3/c1-3-25-14-5-7-15(8-6-14)26-13(2)18(24)22-16-11-17(20-12-19-16)23-10-4-9-21-23/h4-13H,3H2,1-2H3,(H,19,20,22,24). The van der Waals surface area contributed by atoms with E-state index in [-0.39, 0.29) is 5.91 Å². The summed E-state index contributed by atoms with van der Waals surface area (Å²) in [6, 6.07) is 10.5. The molecule has 1 amide bonds. The molecule has 0 aliphatic heterocycles. The molecule has 0 bridgehead atoms. The lowest BCUT2D eigenvalue weighted by Gasteiger charge is -2.15. The van der Waals surface area contributed by atoms with Gasteiger partial charge in [-0.1, -0.05) is 0 Å². The van der Waals surface area contributed by atoms with Gasteiger partial charge in [-0.25, -0.2) is 14.6 Å². The van der Waals surface area contributed by atoms with E-state index in [4.69, 9.17) is 9.47 Å². The van der Waals surface area contributed by atoms with Crippen LogP contribution in [0, 0.1) is 0 Å². The largest absolute Gasteiger partial charge is 0.494 e. The van der Waals surface area contributed by atoms with Gasteiger partial charge >= 0.3 is 0 Å². The van der Waals surface area contributed by atoms with Crippen LogP contribution in [0.4, 0.5) is 5.82 Å². The molecule has 8 nitrogen and oxygen atoms in total. The molecule has 0 radical (unpaired) electrons. The van der Waals surface area contributed by atoms with Crippen molar-refractivity contribution in [1.82, 2.24) is 19.7 Å². The summed E-state index contributed by atoms with van der Waals surface area (Å²) in [6.45, 7) is 4.18. The molecule has 0 saturated heterocycles. The van der Waals surface area contributed by atoms with Gasteiger partial charge in [0, 0.05) is 18.5 Å². The highest BCUT2D eigenvalue weighted by molar-refractivity contribution is 5.93. The third-order valence-corrected chi connectivity index (χ3v) is 3.46. The Morgan fingerprint density at radius 2 is 2.00 bits per heavy atom. The van der Waals surface area contributed by atoms with Crippen molar-refractivity contribution in [1.29, 1.82) is 0 Å². The zero-order valence-corrected chi connectivity index (χ0v) is 14.5. The van der Waals surface area contributed by atoms with Gasteiger partial charge in [-0.2, -0.15) is 5.10 Å². The first-order valence-corrected chi connectivity index (χ1v) is 8.18. The highest BCUT2D eigenvalue weighted by atomic mass is 16.5. The number of hydrogen-bond donors (Lipinski definition) is 1. The average Bonchev–Trinajstić information content (AvgIpc) is 3.18. The second-order valence-corrected chi connectivity index (χ2v) is 5.37. The molecule has 1 N–H and O–H groups in total. The van der Waals surface area contributed by atoms with Gasteiger partial charge in [-0.15, -0.1) is 0 Å². The van der Waals surface area contributed by atoms with E-state index in [2.05, 4.69) is 20.4 Å². The van der Waals surface area contributed by atoms with E-state index in [1.165, 1.54) is 6.33 Å². The van der Waals surface area contributed by atoms with Gasteiger partial charge in [0.1, 0.15) is 23.6 Å². The molecular weight excluding hydrogens is 334 g/mol. The van der Waals surface area contributed by atoms with Crippen molar-refractivity contribution in [2.45, 2.75) is 20.0 Å². The molecule has 0 aliphatic carbocycles. The normalized spacial score (nSPS) is 11.6. The number of carbonyl (C=O) groups is 1. The second-order valence-electron chi connectivity index (χ2n) is 5.37. The van der Waals surface area contributed by atoms with Crippen molar-refractivity contribution in [2.24, 2.45) is 0 Å². The molecule has 2 heterocycles. The predicted octanol–water partition coefficient (Wildman–Crippen LogP) is 2.47. The van der Waals surface area contributed by atoms with Gasteiger partial charge in [0.25, 0.3) is 5.91 Å². The molecule has 0 fully saturated rings. The fourth-order valence-electron chi connectivity index (χ4n) is 2.21. The number of nitrogens with zero attached hydrogens (tertiary/aromatic N) is 4. The molecular formula is C18H19N5O3. The van der Waals surface area contributed by atoms with Crippen molar-refractivity contribution in [3.05, 3.63) is 55.1 Å². The molecule has 134 valence electrons. The minimum Gasteiger partial charge on any atom is -0.494 e. The third-order valence-electron chi connectivity index (χ3n) is 3.46. The van der Waals surface area contributed by atoms with E-state index in [9.17, 15) is 4.79 Å². The van der Waals surface area contributed by atoms with E-state index in [1.54, 1.807) is 60.4 Å². The van der Waals surface area contributed by atoms with Crippen LogP contribution in [0.2, 0.25) is 0 Å². The zero-order valence-electron chi connectivity index (χ0n) is 14.5. The molecule has 0 saturated carbocycles. The molecule has 8 heteroatoms. The Morgan fingerprint density at radius 3 is 2.69 bits per heavy atom. The average molecular weight is 353 g/mol. The molecule has 0 spiro atoms. The first kappa shape index (κ1) is 17.4. The summed E-state index contributed by atoms with van der Waals surface area (Å²) >= 11 is 0. The Morgan fingerprint density at radius 1 is 1.23 bits per heavy atom. The number of anilines is 1. The van der Waals surface area contributed by atoms with Gasteiger partial charge in [-0.3, -0.25) is 4.79 Å². The third kappa shape index (κ3) is 4.35. The monoisotopic (exact) mass is 353 g/mol. The maximum atomic E-state index is 12.3. The molecule has 3 aromatic rings. The maximum Gasteiger partial charge on any atom is 0.266 e. The van der Waals surface area contributed by atoms with Gasteiger partial charge in [-0.05, 0) is 44.2 Å². The van der Waals surface area contributed by atoms with Gasteiger partial charge in [0.05, 0.1) is 6.61 Å². The van der Waals surface area contributed by atoms with Crippen LogP contribution in [0.1, 0.15) is 13.8 Å². The Bertz CT molecular complexity index is 850. The summed E-state index contributed by atoms with van der Waals surface area (Å²) in [7, 11) is 0. The van der Waals surface area contributed by atoms with Crippen molar-refractivity contribution >= 4 is 11.7 Å². The molecule has 1 unspecified atom stereocenters. The van der Waals surface area contributed by atoms with E-state index in [0.717, 1.165) is 5.75 Å². The number of rotatable bonds is 7. The number of benzene rings is 1. The summed E-state index contributed by atoms with van der Waals surface area (Å²) in [5.41, 5.74) is 0. The molecule has 1 aromatic carbocycles. The SMILES string of the molecule is CCOc1ccc(OC(C)C(=O)Nc2cc(-n3cccn3)ncn2)cc1. The highest BCUT2D eigenvalue weighted by Crippen LogP contribution is 2.19. The number of carbonyl (C=O) groups excluding carboxylic acids is 1. The number of aromatic nitrogens is 4. The van der Waals surface area contributed by atoms with Crippen LogP contribution in [0.3, 0.4) is 0 Å². The highest BCUT2D eigenvalue weighted by Gasteiger charge is 2.16. The fourth-order valence-corrected chi connectivity index (χ4v) is 2.21. The molecule has 3 rings (SSSR count). The minimum atomic E-state index is -0.698. The lowest BCUT2D eigenvalue weighted by atomic mass is 10.3. The predicted molar refractivity (Wildman–Crippen MR) is 95.5 cm³/mol. The fraction of sp³-hybridized carbons (Fsp3) is 0.222. The van der Waals surface area contributed by atoms with E-state index < -0.39 is 6.10 Å². The number of amides is 1. The van der Waals surface area contributed by atoms with E-state index in [0.29, 0.717) is 24.0 Å². The lowest BCUT2D eigenvalue weighted by molar-refractivity contribution is -0.122. The Hall–Kier alpha value is -3.42. The van der Waals surface area contributed by atoms with Crippen LogP contribution in [0.25, 0.3) is 5.82 Å². The summed E-state index contributed by atoms with van der Waals surface area (Å²) in [5, 5.41) is 6.81. The smallest absolute Gasteiger partial charge is 0.266 e. The number of ether oxygens (including phenoxy) is 2. The van der Waals surface area contributed by atoms with Crippen LogP contribution >= 0.6 is 0 Å². The van der Waals surface area contributed by atoms with Crippen LogP contribution in [0.5, 0.6) is 11.5 Å². The van der Waals surface area contributed by atoms with Crippen LogP contribution < -0.4 is 14.8 Å². The van der Waals surface area contributed by atoms with Crippen LogP contribution in [-0.2, 0) is 4.79 Å². The summed E-state index contributed by atoms with van der Waals surface area (Å²) in [5.74, 6) is 1.95. The zero-order chi connectivity index (χ0) is 18.4. The summed E-state index contributed by atoms with van der Waals surface area (Å²) in [6.07, 6.45) is 4.07. The van der Waals surface area contributed by atoms with Gasteiger partial charge < -0.3 is 14.8 Å². The Labute approximate surface area is 150 Å². The Balaban J connectivity index is 1.61. The molecule has 1 atom stereocenters. The van der Waals surface area contributed by atoms with Crippen molar-refractivity contribution in [2.75, 3.05) is 11.9 Å². The van der Waals surface area contributed by atoms with Crippen molar-refractivity contribution in [3.8, 4) is 17.3 Å². The topological polar surface area (TPSA) is 91.2 Å². The second kappa shape index (κ2) is 8.11. The molecule has 0 aliphatic rings. The van der Waals surface area contributed by atoms with Crippen molar-refractivity contribution < 1.29 is 14.3 Å². The summed E-state index contributed by atoms with van der Waals surface area (Å²) < 4.78 is 12.6. The number of nitrogens with one attached hydrogen (secondary N) is 1. The molecule has 2 aromatic heterocycles. The van der Waals surface area contributed by atoms with Crippen LogP contribution in [0.15, 0.2) is 55.1 Å². The number of hydrogen-bond acceptors (Lipinski definition) is 6. The molecule has 26 heavy (non-hydrogen) atoms. The summed E-state index contributed by atoms with van der Waals surface area (Å²) in [4.78, 5) is 20.5. The van der Waals surface area contributed by atoms with Crippen LogP contribution in [-0.4, -0.2) is 38.4 Å².